The molecule has 0 fully saturated rings. The smallest absolute Gasteiger partial charge is 0.161 e. The topological polar surface area (TPSA) is 56.8 Å². The van der Waals surface area contributed by atoms with Gasteiger partial charge in [-0.15, -0.1) is 0 Å². The summed E-state index contributed by atoms with van der Waals surface area (Å²) < 4.78 is 11.0. The number of ether oxygens (including phenoxy) is 2. The molecule has 2 aromatic rings. The number of hydrogen-bond donors (Lipinski definition) is 1. The largest absolute Gasteiger partial charge is 0.493 e. The molecule has 0 amide bonds. The SMILES string of the molecule is COc1cc(C=NN)ccc1OCc1ccccc1Cl. The molecule has 0 aromatic heterocycles. The zero-order valence-corrected chi connectivity index (χ0v) is 11.8. The molecule has 0 atom stereocenters. The lowest BCUT2D eigenvalue weighted by molar-refractivity contribution is 0.284. The number of nitrogens with two attached hydrogens (primary N) is 1. The molecule has 0 unspecified atom stereocenters. The first-order valence-electron chi connectivity index (χ1n) is 6.02. The van der Waals surface area contributed by atoms with Gasteiger partial charge in [0.15, 0.2) is 11.5 Å². The Morgan fingerprint density at radius 3 is 2.70 bits per heavy atom. The average molecular weight is 291 g/mol. The molecule has 0 spiro atoms. The van der Waals surface area contributed by atoms with E-state index >= 15 is 0 Å². The van der Waals surface area contributed by atoms with Crippen molar-refractivity contribution in [3.8, 4) is 11.5 Å². The van der Waals surface area contributed by atoms with Gasteiger partial charge in [-0.25, -0.2) is 0 Å². The third-order valence-corrected chi connectivity index (χ3v) is 3.12. The fourth-order valence-electron chi connectivity index (χ4n) is 1.74. The van der Waals surface area contributed by atoms with Crippen LogP contribution in [0.2, 0.25) is 5.02 Å². The molecule has 20 heavy (non-hydrogen) atoms. The molecule has 0 saturated carbocycles. The van der Waals surface area contributed by atoms with Crippen LogP contribution in [0.1, 0.15) is 11.1 Å². The van der Waals surface area contributed by atoms with Gasteiger partial charge in [-0.1, -0.05) is 29.8 Å². The fourth-order valence-corrected chi connectivity index (χ4v) is 1.93. The Kier molecular flexibility index (Phi) is 4.85. The van der Waals surface area contributed by atoms with E-state index in [2.05, 4.69) is 5.10 Å². The average Bonchev–Trinajstić information content (AvgIpc) is 2.47. The van der Waals surface area contributed by atoms with Crippen LogP contribution in [0, 0.1) is 0 Å². The van der Waals surface area contributed by atoms with E-state index in [0.29, 0.717) is 23.1 Å². The molecule has 0 saturated heterocycles. The minimum absolute atomic E-state index is 0.375. The van der Waals surface area contributed by atoms with Crippen LogP contribution in [-0.2, 0) is 6.61 Å². The maximum atomic E-state index is 6.09. The van der Waals surface area contributed by atoms with Crippen molar-refractivity contribution in [2.45, 2.75) is 6.61 Å². The molecule has 0 aliphatic heterocycles. The van der Waals surface area contributed by atoms with E-state index in [-0.39, 0.29) is 0 Å². The zero-order valence-electron chi connectivity index (χ0n) is 11.0. The van der Waals surface area contributed by atoms with Crippen molar-refractivity contribution in [2.24, 2.45) is 10.9 Å². The lowest BCUT2D eigenvalue weighted by Gasteiger charge is -2.12. The predicted octanol–water partition coefficient (Wildman–Crippen LogP) is 3.22. The van der Waals surface area contributed by atoms with Gasteiger partial charge in [0.1, 0.15) is 6.61 Å². The van der Waals surface area contributed by atoms with Crippen molar-refractivity contribution in [1.29, 1.82) is 0 Å². The van der Waals surface area contributed by atoms with Gasteiger partial charge in [0, 0.05) is 10.6 Å². The molecular formula is C15H15ClN2O2. The first-order valence-corrected chi connectivity index (χ1v) is 6.40. The predicted molar refractivity (Wildman–Crippen MR) is 80.6 cm³/mol. The summed E-state index contributed by atoms with van der Waals surface area (Å²) in [6.07, 6.45) is 1.54. The Bertz CT molecular complexity index is 615. The van der Waals surface area contributed by atoms with Gasteiger partial charge in [-0.2, -0.15) is 5.10 Å². The Morgan fingerprint density at radius 1 is 1.20 bits per heavy atom. The fraction of sp³-hybridized carbons (Fsp3) is 0.133. The molecule has 104 valence electrons. The molecule has 5 heteroatoms. The number of methoxy groups -OCH3 is 1. The van der Waals surface area contributed by atoms with Crippen molar-refractivity contribution in [3.05, 3.63) is 58.6 Å². The van der Waals surface area contributed by atoms with Crippen molar-refractivity contribution >= 4 is 17.8 Å². The summed E-state index contributed by atoms with van der Waals surface area (Å²) in [6.45, 7) is 0.375. The van der Waals surface area contributed by atoms with E-state index in [9.17, 15) is 0 Å². The molecule has 4 nitrogen and oxygen atoms in total. The highest BCUT2D eigenvalue weighted by molar-refractivity contribution is 6.31. The van der Waals surface area contributed by atoms with Crippen molar-refractivity contribution in [2.75, 3.05) is 7.11 Å². The van der Waals surface area contributed by atoms with Crippen molar-refractivity contribution in [3.63, 3.8) is 0 Å². The van der Waals surface area contributed by atoms with E-state index < -0.39 is 0 Å². The molecule has 2 aromatic carbocycles. The van der Waals surface area contributed by atoms with Crippen LogP contribution in [0.5, 0.6) is 11.5 Å². The van der Waals surface area contributed by atoms with Crippen LogP contribution >= 0.6 is 11.6 Å². The van der Waals surface area contributed by atoms with Crippen LogP contribution in [0.3, 0.4) is 0 Å². The number of hydrazone groups is 1. The van der Waals surface area contributed by atoms with Gasteiger partial charge >= 0.3 is 0 Å². The van der Waals surface area contributed by atoms with Crippen LogP contribution in [0.4, 0.5) is 0 Å². The number of nitrogens with zero attached hydrogens (tertiary/aromatic N) is 1. The van der Waals surface area contributed by atoms with Crippen molar-refractivity contribution < 1.29 is 9.47 Å². The second-order valence-corrected chi connectivity index (χ2v) is 4.48. The van der Waals surface area contributed by atoms with Crippen LogP contribution in [-0.4, -0.2) is 13.3 Å². The van der Waals surface area contributed by atoms with Crippen LogP contribution in [0.25, 0.3) is 0 Å². The summed E-state index contributed by atoms with van der Waals surface area (Å²) in [5.74, 6) is 6.38. The maximum absolute atomic E-state index is 6.09. The Morgan fingerprint density at radius 2 is 2.00 bits per heavy atom. The lowest BCUT2D eigenvalue weighted by Crippen LogP contribution is -1.99. The molecule has 0 heterocycles. The summed E-state index contributed by atoms with van der Waals surface area (Å²) in [5.41, 5.74) is 1.76. The normalized spacial score (nSPS) is 10.7. The summed E-state index contributed by atoms with van der Waals surface area (Å²) in [7, 11) is 1.58. The van der Waals surface area contributed by atoms with E-state index in [0.717, 1.165) is 11.1 Å². The second kappa shape index (κ2) is 6.82. The Labute approximate surface area is 122 Å². The summed E-state index contributed by atoms with van der Waals surface area (Å²) in [6, 6.07) is 13.0. The second-order valence-electron chi connectivity index (χ2n) is 4.07. The molecule has 0 bridgehead atoms. The van der Waals surface area contributed by atoms with Gasteiger partial charge in [-0.3, -0.25) is 0 Å². The van der Waals surface area contributed by atoms with E-state index in [4.69, 9.17) is 26.9 Å². The van der Waals surface area contributed by atoms with Crippen LogP contribution in [0.15, 0.2) is 47.6 Å². The Balaban J connectivity index is 2.15. The van der Waals surface area contributed by atoms with Gasteiger partial charge in [0.2, 0.25) is 0 Å². The highest BCUT2D eigenvalue weighted by Crippen LogP contribution is 2.29. The highest BCUT2D eigenvalue weighted by atomic mass is 35.5. The zero-order chi connectivity index (χ0) is 14.4. The van der Waals surface area contributed by atoms with E-state index in [1.165, 1.54) is 0 Å². The van der Waals surface area contributed by atoms with E-state index in [1.54, 1.807) is 19.4 Å². The van der Waals surface area contributed by atoms with Gasteiger partial charge in [-0.05, 0) is 29.8 Å². The first-order chi connectivity index (χ1) is 9.74. The number of benzene rings is 2. The molecular weight excluding hydrogens is 276 g/mol. The highest BCUT2D eigenvalue weighted by Gasteiger charge is 2.06. The third-order valence-electron chi connectivity index (χ3n) is 2.75. The first kappa shape index (κ1) is 14.2. The van der Waals surface area contributed by atoms with Gasteiger partial charge in [0.25, 0.3) is 0 Å². The standard InChI is InChI=1S/C15H15ClN2O2/c1-19-15-8-11(9-18-17)6-7-14(15)20-10-12-4-2-3-5-13(12)16/h2-9H,10,17H2,1H3. The van der Waals surface area contributed by atoms with Gasteiger partial charge in [0.05, 0.1) is 13.3 Å². The maximum Gasteiger partial charge on any atom is 0.161 e. The van der Waals surface area contributed by atoms with Crippen molar-refractivity contribution in [1.82, 2.24) is 0 Å². The minimum atomic E-state index is 0.375. The molecule has 0 radical (unpaired) electrons. The number of hydrogen-bond acceptors (Lipinski definition) is 4. The van der Waals surface area contributed by atoms with Gasteiger partial charge < -0.3 is 15.3 Å². The van der Waals surface area contributed by atoms with E-state index in [1.807, 2.05) is 36.4 Å². The summed E-state index contributed by atoms with van der Waals surface area (Å²) >= 11 is 6.09. The lowest BCUT2D eigenvalue weighted by atomic mass is 10.2. The molecule has 2 rings (SSSR count). The Hall–Kier alpha value is -2.20. The summed E-state index contributed by atoms with van der Waals surface area (Å²) in [5, 5.41) is 4.16. The molecule has 0 aliphatic carbocycles. The third kappa shape index (κ3) is 3.42. The molecule has 2 N–H and O–H groups in total. The summed E-state index contributed by atoms with van der Waals surface area (Å²) in [4.78, 5) is 0. The minimum Gasteiger partial charge on any atom is -0.493 e. The van der Waals surface area contributed by atoms with Crippen LogP contribution < -0.4 is 15.3 Å². The molecule has 0 aliphatic rings. The number of halogens is 1. The monoisotopic (exact) mass is 290 g/mol. The quantitative estimate of drug-likeness (QED) is 0.522. The number of rotatable bonds is 5.